The van der Waals surface area contributed by atoms with Crippen molar-refractivity contribution < 1.29 is 19.7 Å². The third-order valence-corrected chi connectivity index (χ3v) is 4.50. The van der Waals surface area contributed by atoms with Gasteiger partial charge in [-0.05, 0) is 52.9 Å². The number of phenolic OH excluding ortho intramolecular Hbond substituents is 2. The van der Waals surface area contributed by atoms with Crippen molar-refractivity contribution in [3.8, 4) is 23.0 Å². The van der Waals surface area contributed by atoms with Gasteiger partial charge in [0.2, 0.25) is 0 Å². The van der Waals surface area contributed by atoms with Gasteiger partial charge in [0.15, 0.2) is 23.0 Å². The Kier molecular flexibility index (Phi) is 5.19. The van der Waals surface area contributed by atoms with E-state index in [2.05, 4.69) is 11.9 Å². The highest BCUT2D eigenvalue weighted by Crippen LogP contribution is 2.43. The summed E-state index contributed by atoms with van der Waals surface area (Å²) in [5.74, 6) is 0.969. The number of hydrogen-bond donors (Lipinski definition) is 3. The second kappa shape index (κ2) is 7.54. The first-order valence-electron chi connectivity index (χ1n) is 8.44. The maximum Gasteiger partial charge on any atom is 0.168 e. The normalized spacial score (nSPS) is 11.0. The summed E-state index contributed by atoms with van der Waals surface area (Å²) in [6.07, 6.45) is 2.57. The van der Waals surface area contributed by atoms with E-state index < -0.39 is 0 Å². The molecule has 0 atom stereocenters. The Morgan fingerprint density at radius 3 is 2.54 bits per heavy atom. The maximum atomic E-state index is 10.5. The molecule has 0 aliphatic heterocycles. The zero-order valence-corrected chi connectivity index (χ0v) is 15.0. The van der Waals surface area contributed by atoms with Gasteiger partial charge in [0.1, 0.15) is 0 Å². The van der Waals surface area contributed by atoms with Crippen molar-refractivity contribution in [2.45, 2.75) is 6.42 Å². The zero-order valence-electron chi connectivity index (χ0n) is 15.0. The minimum Gasteiger partial charge on any atom is -0.504 e. The van der Waals surface area contributed by atoms with Crippen molar-refractivity contribution in [1.82, 2.24) is 5.32 Å². The summed E-state index contributed by atoms with van der Waals surface area (Å²) >= 11 is 0. The first kappa shape index (κ1) is 17.9. The average Bonchev–Trinajstić information content (AvgIpc) is 2.64. The van der Waals surface area contributed by atoms with Gasteiger partial charge in [0.05, 0.1) is 14.2 Å². The van der Waals surface area contributed by atoms with E-state index in [1.807, 2.05) is 18.2 Å². The minimum absolute atomic E-state index is 0.0762. The number of aromatic hydroxyl groups is 2. The van der Waals surface area contributed by atoms with Gasteiger partial charge in [0.25, 0.3) is 0 Å². The zero-order chi connectivity index (χ0) is 18.7. The summed E-state index contributed by atoms with van der Waals surface area (Å²) in [6.45, 7) is 5.20. The van der Waals surface area contributed by atoms with E-state index in [0.29, 0.717) is 11.5 Å². The average molecular weight is 353 g/mol. The van der Waals surface area contributed by atoms with Crippen LogP contribution in [0.4, 0.5) is 0 Å². The second-order valence-electron chi connectivity index (χ2n) is 6.06. The van der Waals surface area contributed by atoms with Crippen molar-refractivity contribution in [2.24, 2.45) is 0 Å². The van der Waals surface area contributed by atoms with Crippen LogP contribution in [0.1, 0.15) is 5.56 Å². The molecule has 5 heteroatoms. The van der Waals surface area contributed by atoms with Crippen LogP contribution in [0.3, 0.4) is 0 Å². The SMILES string of the molecule is C=CCNCCc1cc(O)c(OC)c2c1ccc1cc(O)c(OC)cc12. The van der Waals surface area contributed by atoms with Gasteiger partial charge in [0, 0.05) is 11.9 Å². The maximum absolute atomic E-state index is 10.5. The lowest BCUT2D eigenvalue weighted by atomic mass is 9.95. The molecule has 0 aliphatic rings. The van der Waals surface area contributed by atoms with Gasteiger partial charge in [-0.25, -0.2) is 0 Å². The fourth-order valence-corrected chi connectivity index (χ4v) is 3.29. The number of benzene rings is 3. The van der Waals surface area contributed by atoms with E-state index in [0.717, 1.165) is 46.6 Å². The van der Waals surface area contributed by atoms with E-state index in [-0.39, 0.29) is 11.5 Å². The van der Waals surface area contributed by atoms with E-state index in [4.69, 9.17) is 9.47 Å². The molecule has 0 amide bonds. The fourth-order valence-electron chi connectivity index (χ4n) is 3.29. The van der Waals surface area contributed by atoms with Gasteiger partial charge < -0.3 is 25.0 Å². The Labute approximate surface area is 152 Å². The Morgan fingerprint density at radius 1 is 1.04 bits per heavy atom. The number of fused-ring (bicyclic) bond motifs is 3. The Balaban J connectivity index is 2.25. The molecule has 3 aromatic rings. The van der Waals surface area contributed by atoms with Gasteiger partial charge in [-0.1, -0.05) is 18.2 Å². The van der Waals surface area contributed by atoms with Crippen LogP contribution < -0.4 is 14.8 Å². The van der Waals surface area contributed by atoms with E-state index >= 15 is 0 Å². The standard InChI is InChI=1S/C21H23NO4/c1-4-8-22-9-7-14-11-18(24)21(26-3)20-15(14)6-5-13-10-17(23)19(25-2)12-16(13)20/h4-6,10-12,22-24H,1,7-9H2,2-3H3. The molecule has 0 radical (unpaired) electrons. The summed E-state index contributed by atoms with van der Waals surface area (Å²) < 4.78 is 10.7. The van der Waals surface area contributed by atoms with E-state index in [1.165, 1.54) is 14.2 Å². The number of phenols is 2. The van der Waals surface area contributed by atoms with Crippen LogP contribution in [0.15, 0.2) is 43.0 Å². The summed E-state index contributed by atoms with van der Waals surface area (Å²) in [4.78, 5) is 0. The second-order valence-corrected chi connectivity index (χ2v) is 6.06. The Morgan fingerprint density at radius 2 is 1.85 bits per heavy atom. The quantitative estimate of drug-likeness (QED) is 0.343. The first-order chi connectivity index (χ1) is 12.6. The Bertz CT molecular complexity index is 966. The number of methoxy groups -OCH3 is 2. The number of rotatable bonds is 7. The number of hydrogen-bond acceptors (Lipinski definition) is 5. The lowest BCUT2D eigenvalue weighted by Gasteiger charge is -2.16. The molecule has 0 heterocycles. The van der Waals surface area contributed by atoms with Crippen LogP contribution in [-0.4, -0.2) is 37.5 Å². The smallest absolute Gasteiger partial charge is 0.168 e. The first-order valence-corrected chi connectivity index (χ1v) is 8.44. The fraction of sp³-hybridized carbons (Fsp3) is 0.238. The van der Waals surface area contributed by atoms with Crippen molar-refractivity contribution in [3.63, 3.8) is 0 Å². The van der Waals surface area contributed by atoms with Crippen LogP contribution in [0, 0.1) is 0 Å². The molecule has 3 aromatic carbocycles. The van der Waals surface area contributed by atoms with Crippen molar-refractivity contribution in [3.05, 3.63) is 48.6 Å². The summed E-state index contributed by atoms with van der Waals surface area (Å²) in [6, 6.07) is 9.12. The molecule has 26 heavy (non-hydrogen) atoms. The molecule has 3 rings (SSSR count). The molecule has 0 spiro atoms. The van der Waals surface area contributed by atoms with Crippen LogP contribution >= 0.6 is 0 Å². The molecule has 136 valence electrons. The molecule has 0 bridgehead atoms. The molecular formula is C21H23NO4. The molecule has 0 saturated heterocycles. The highest BCUT2D eigenvalue weighted by molar-refractivity contribution is 6.13. The lowest BCUT2D eigenvalue weighted by Crippen LogP contribution is -2.16. The minimum atomic E-state index is 0.0762. The van der Waals surface area contributed by atoms with Crippen LogP contribution in [0.5, 0.6) is 23.0 Å². The molecule has 0 aliphatic carbocycles. The molecule has 0 aromatic heterocycles. The van der Waals surface area contributed by atoms with Gasteiger partial charge in [-0.15, -0.1) is 6.58 Å². The molecule has 0 unspecified atom stereocenters. The largest absolute Gasteiger partial charge is 0.504 e. The molecule has 0 saturated carbocycles. The Hall–Kier alpha value is -2.92. The summed E-state index contributed by atoms with van der Waals surface area (Å²) in [5, 5.41) is 27.3. The molecule has 0 fully saturated rings. The van der Waals surface area contributed by atoms with Gasteiger partial charge >= 0.3 is 0 Å². The summed E-state index contributed by atoms with van der Waals surface area (Å²) in [7, 11) is 3.05. The van der Waals surface area contributed by atoms with E-state index in [9.17, 15) is 10.2 Å². The molecule has 5 nitrogen and oxygen atoms in total. The summed E-state index contributed by atoms with van der Waals surface area (Å²) in [5.41, 5.74) is 1.02. The molecular weight excluding hydrogens is 330 g/mol. The van der Waals surface area contributed by atoms with Crippen molar-refractivity contribution in [2.75, 3.05) is 27.3 Å². The van der Waals surface area contributed by atoms with Crippen LogP contribution in [0.25, 0.3) is 21.5 Å². The van der Waals surface area contributed by atoms with E-state index in [1.54, 1.807) is 18.2 Å². The highest BCUT2D eigenvalue weighted by Gasteiger charge is 2.16. The van der Waals surface area contributed by atoms with Crippen molar-refractivity contribution in [1.29, 1.82) is 0 Å². The van der Waals surface area contributed by atoms with Crippen LogP contribution in [0.2, 0.25) is 0 Å². The van der Waals surface area contributed by atoms with Gasteiger partial charge in [-0.2, -0.15) is 0 Å². The number of ether oxygens (including phenoxy) is 2. The third kappa shape index (κ3) is 3.13. The monoisotopic (exact) mass is 353 g/mol. The topological polar surface area (TPSA) is 71.0 Å². The number of nitrogens with one attached hydrogen (secondary N) is 1. The lowest BCUT2D eigenvalue weighted by molar-refractivity contribution is 0.374. The van der Waals surface area contributed by atoms with Gasteiger partial charge in [-0.3, -0.25) is 0 Å². The predicted octanol–water partition coefficient (Wildman–Crippen LogP) is 3.74. The highest BCUT2D eigenvalue weighted by atomic mass is 16.5. The third-order valence-electron chi connectivity index (χ3n) is 4.50. The predicted molar refractivity (Wildman–Crippen MR) is 105 cm³/mol. The van der Waals surface area contributed by atoms with Crippen LogP contribution in [-0.2, 0) is 6.42 Å². The molecule has 3 N–H and O–H groups in total. The van der Waals surface area contributed by atoms with Crippen molar-refractivity contribution >= 4 is 21.5 Å².